The molecule has 0 bridgehead atoms. The van der Waals surface area contributed by atoms with Crippen LogP contribution in [0.25, 0.3) is 0 Å². The topological polar surface area (TPSA) is 93.0 Å². The molecule has 1 atom stereocenters. The van der Waals surface area contributed by atoms with Gasteiger partial charge in [0.15, 0.2) is 5.69 Å². The standard InChI is InChI=1S/C19H26N6O2/c1-14(2)21-18(26)17-13-24(23-22-17)12-9-15-7-4-6-11-25(15)19(27)16-8-3-5-10-20-16/h3,5,8,10,13-15H,4,6-7,9,11-12H2,1-2H3,(H,21,26)/t15-/m1/s1. The Balaban J connectivity index is 1.61. The number of nitrogens with zero attached hydrogens (tertiary/aromatic N) is 5. The van der Waals surface area contributed by atoms with Crippen LogP contribution in [0, 0.1) is 0 Å². The number of rotatable bonds is 6. The summed E-state index contributed by atoms with van der Waals surface area (Å²) in [6.07, 6.45) is 7.16. The molecule has 1 fully saturated rings. The molecule has 144 valence electrons. The van der Waals surface area contributed by atoms with Crippen LogP contribution in [0.3, 0.4) is 0 Å². The summed E-state index contributed by atoms with van der Waals surface area (Å²) in [6.45, 7) is 5.16. The van der Waals surface area contributed by atoms with Crippen LogP contribution in [0.4, 0.5) is 0 Å². The monoisotopic (exact) mass is 370 g/mol. The highest BCUT2D eigenvalue weighted by Crippen LogP contribution is 2.22. The lowest BCUT2D eigenvalue weighted by atomic mass is 9.98. The quantitative estimate of drug-likeness (QED) is 0.838. The summed E-state index contributed by atoms with van der Waals surface area (Å²) < 4.78 is 1.67. The molecule has 2 amide bonds. The van der Waals surface area contributed by atoms with E-state index in [9.17, 15) is 9.59 Å². The summed E-state index contributed by atoms with van der Waals surface area (Å²) >= 11 is 0. The van der Waals surface area contributed by atoms with Crippen LogP contribution < -0.4 is 5.32 Å². The minimum Gasteiger partial charge on any atom is -0.348 e. The smallest absolute Gasteiger partial charge is 0.273 e. The summed E-state index contributed by atoms with van der Waals surface area (Å²) in [5, 5.41) is 10.8. The second-order valence-electron chi connectivity index (χ2n) is 7.15. The van der Waals surface area contributed by atoms with Crippen molar-refractivity contribution in [1.29, 1.82) is 0 Å². The molecule has 8 nitrogen and oxygen atoms in total. The SMILES string of the molecule is CC(C)NC(=O)c1cn(CC[C@H]2CCCCN2C(=O)c2ccccn2)nn1. The molecule has 0 spiro atoms. The van der Waals surface area contributed by atoms with Crippen molar-refractivity contribution in [3.05, 3.63) is 42.0 Å². The highest BCUT2D eigenvalue weighted by atomic mass is 16.2. The highest BCUT2D eigenvalue weighted by molar-refractivity contribution is 5.92. The number of aryl methyl sites for hydroxylation is 1. The Morgan fingerprint density at radius 1 is 1.26 bits per heavy atom. The van der Waals surface area contributed by atoms with Gasteiger partial charge in [-0.15, -0.1) is 5.10 Å². The van der Waals surface area contributed by atoms with Crippen molar-refractivity contribution in [2.45, 2.75) is 58.2 Å². The number of nitrogens with one attached hydrogen (secondary N) is 1. The van der Waals surface area contributed by atoms with E-state index in [-0.39, 0.29) is 23.9 Å². The number of carbonyl (C=O) groups excluding carboxylic acids is 2. The van der Waals surface area contributed by atoms with Gasteiger partial charge in [-0.25, -0.2) is 0 Å². The van der Waals surface area contributed by atoms with Crippen molar-refractivity contribution < 1.29 is 9.59 Å². The molecule has 0 saturated carbocycles. The van der Waals surface area contributed by atoms with Crippen LogP contribution in [-0.4, -0.2) is 55.3 Å². The van der Waals surface area contributed by atoms with Crippen molar-refractivity contribution in [2.24, 2.45) is 0 Å². The van der Waals surface area contributed by atoms with Crippen LogP contribution >= 0.6 is 0 Å². The number of amides is 2. The lowest BCUT2D eigenvalue weighted by molar-refractivity contribution is 0.0587. The van der Waals surface area contributed by atoms with Crippen molar-refractivity contribution in [3.63, 3.8) is 0 Å². The van der Waals surface area contributed by atoms with E-state index < -0.39 is 0 Å². The zero-order valence-electron chi connectivity index (χ0n) is 15.8. The second kappa shape index (κ2) is 8.75. The van der Waals surface area contributed by atoms with Gasteiger partial charge in [-0.05, 0) is 51.7 Å². The summed E-state index contributed by atoms with van der Waals surface area (Å²) in [4.78, 5) is 30.9. The van der Waals surface area contributed by atoms with Crippen LogP contribution in [0.5, 0.6) is 0 Å². The number of aromatic nitrogens is 4. The maximum atomic E-state index is 12.8. The van der Waals surface area contributed by atoms with Crippen LogP contribution in [0.1, 0.15) is 60.5 Å². The predicted octanol–water partition coefficient (Wildman–Crippen LogP) is 1.90. The summed E-state index contributed by atoms with van der Waals surface area (Å²) in [5.41, 5.74) is 0.798. The van der Waals surface area contributed by atoms with Gasteiger partial charge < -0.3 is 10.2 Å². The molecule has 0 aliphatic carbocycles. The van der Waals surface area contributed by atoms with Gasteiger partial charge in [0.05, 0.1) is 6.20 Å². The van der Waals surface area contributed by atoms with Gasteiger partial charge >= 0.3 is 0 Å². The van der Waals surface area contributed by atoms with Gasteiger partial charge in [-0.1, -0.05) is 11.3 Å². The van der Waals surface area contributed by atoms with Crippen LogP contribution in [-0.2, 0) is 6.54 Å². The summed E-state index contributed by atoms with van der Waals surface area (Å²) in [7, 11) is 0. The van der Waals surface area contributed by atoms with Crippen LogP contribution in [0.2, 0.25) is 0 Å². The predicted molar refractivity (Wildman–Crippen MR) is 100 cm³/mol. The normalized spacial score (nSPS) is 17.1. The second-order valence-corrected chi connectivity index (χ2v) is 7.15. The zero-order chi connectivity index (χ0) is 19.2. The molecule has 0 aromatic carbocycles. The van der Waals surface area contributed by atoms with E-state index in [0.717, 1.165) is 32.2 Å². The van der Waals surface area contributed by atoms with E-state index in [1.165, 1.54) is 0 Å². The Kier molecular flexibility index (Phi) is 6.16. The minimum atomic E-state index is -0.221. The van der Waals surface area contributed by atoms with Crippen LogP contribution in [0.15, 0.2) is 30.6 Å². The molecule has 1 N–H and O–H groups in total. The average Bonchev–Trinajstić information content (AvgIpc) is 3.15. The molecule has 1 aliphatic heterocycles. The summed E-state index contributed by atoms with van der Waals surface area (Å²) in [6, 6.07) is 5.59. The van der Waals surface area contributed by atoms with E-state index >= 15 is 0 Å². The van der Waals surface area contributed by atoms with Gasteiger partial charge in [0, 0.05) is 31.4 Å². The first kappa shape index (κ1) is 19.0. The molecule has 0 unspecified atom stereocenters. The molecule has 2 aromatic heterocycles. The largest absolute Gasteiger partial charge is 0.348 e. The maximum Gasteiger partial charge on any atom is 0.273 e. The van der Waals surface area contributed by atoms with Gasteiger partial charge in [0.2, 0.25) is 0 Å². The third-order valence-electron chi connectivity index (χ3n) is 4.65. The zero-order valence-corrected chi connectivity index (χ0v) is 15.8. The van der Waals surface area contributed by atoms with Crippen molar-refractivity contribution in [1.82, 2.24) is 30.2 Å². The fraction of sp³-hybridized carbons (Fsp3) is 0.526. The van der Waals surface area contributed by atoms with E-state index in [2.05, 4.69) is 20.6 Å². The lowest BCUT2D eigenvalue weighted by Crippen LogP contribution is -2.44. The fourth-order valence-corrected chi connectivity index (χ4v) is 3.33. The minimum absolute atomic E-state index is 0.0177. The lowest BCUT2D eigenvalue weighted by Gasteiger charge is -2.35. The molecule has 1 saturated heterocycles. The number of hydrogen-bond acceptors (Lipinski definition) is 5. The van der Waals surface area contributed by atoms with Gasteiger partial charge in [0.25, 0.3) is 11.8 Å². The summed E-state index contributed by atoms with van der Waals surface area (Å²) in [5.74, 6) is -0.239. The first-order valence-corrected chi connectivity index (χ1v) is 9.47. The number of hydrogen-bond donors (Lipinski definition) is 1. The van der Waals surface area contributed by atoms with E-state index in [1.807, 2.05) is 30.9 Å². The average molecular weight is 370 g/mol. The van der Waals surface area contributed by atoms with Gasteiger partial charge in [-0.3, -0.25) is 19.3 Å². The third-order valence-corrected chi connectivity index (χ3v) is 4.65. The van der Waals surface area contributed by atoms with E-state index in [4.69, 9.17) is 0 Å². The Hall–Kier alpha value is -2.77. The third kappa shape index (κ3) is 4.90. The Bertz CT molecular complexity index is 774. The van der Waals surface area contributed by atoms with E-state index in [1.54, 1.807) is 23.1 Å². The molecule has 8 heteroatoms. The van der Waals surface area contributed by atoms with Gasteiger partial charge in [-0.2, -0.15) is 0 Å². The molecule has 2 aromatic rings. The molecule has 3 rings (SSSR count). The van der Waals surface area contributed by atoms with Crippen molar-refractivity contribution in [3.8, 4) is 0 Å². The first-order chi connectivity index (χ1) is 13.0. The number of piperidine rings is 1. The van der Waals surface area contributed by atoms with Gasteiger partial charge in [0.1, 0.15) is 5.69 Å². The van der Waals surface area contributed by atoms with Crippen molar-refractivity contribution >= 4 is 11.8 Å². The number of carbonyl (C=O) groups is 2. The number of pyridine rings is 1. The Morgan fingerprint density at radius 2 is 2.11 bits per heavy atom. The Morgan fingerprint density at radius 3 is 2.85 bits per heavy atom. The molecule has 3 heterocycles. The molecule has 27 heavy (non-hydrogen) atoms. The highest BCUT2D eigenvalue weighted by Gasteiger charge is 2.28. The van der Waals surface area contributed by atoms with E-state index in [0.29, 0.717) is 17.9 Å². The number of likely N-dealkylation sites (tertiary alicyclic amines) is 1. The molecular weight excluding hydrogens is 344 g/mol. The maximum absolute atomic E-state index is 12.8. The Labute approximate surface area is 159 Å². The van der Waals surface area contributed by atoms with Crippen molar-refractivity contribution in [2.75, 3.05) is 6.54 Å². The molecular formula is C19H26N6O2. The first-order valence-electron chi connectivity index (χ1n) is 9.47. The fourth-order valence-electron chi connectivity index (χ4n) is 3.33. The molecule has 0 radical (unpaired) electrons. The molecule has 1 aliphatic rings.